The first kappa shape index (κ1) is 25.7. The van der Waals surface area contributed by atoms with Gasteiger partial charge in [-0.3, -0.25) is 0 Å². The molecule has 8 nitrogen and oxygen atoms in total. The molecule has 0 radical (unpaired) electrons. The van der Waals surface area contributed by atoms with Crippen molar-refractivity contribution in [3.8, 4) is 11.1 Å². The summed E-state index contributed by atoms with van der Waals surface area (Å²) >= 11 is 13.3. The van der Waals surface area contributed by atoms with E-state index in [9.17, 15) is 0 Å². The molecule has 0 amide bonds. The van der Waals surface area contributed by atoms with E-state index in [2.05, 4.69) is 39.7 Å². The number of aryl methyl sites for hydroxylation is 2. The molecule has 1 fully saturated rings. The lowest BCUT2D eigenvalue weighted by Gasteiger charge is -2.42. The molecular weight excluding hydrogens is 507 g/mol. The lowest BCUT2D eigenvalue weighted by atomic mass is 10.0. The number of benzene rings is 1. The van der Waals surface area contributed by atoms with Gasteiger partial charge in [0.25, 0.3) is 0 Å². The van der Waals surface area contributed by atoms with E-state index in [1.807, 2.05) is 35.7 Å². The molecule has 2 N–H and O–H groups in total. The molecule has 4 heterocycles. The van der Waals surface area contributed by atoms with Crippen LogP contribution < -0.4 is 15.5 Å². The van der Waals surface area contributed by atoms with Crippen molar-refractivity contribution in [2.45, 2.75) is 52.1 Å². The Balaban J connectivity index is 1.59. The van der Waals surface area contributed by atoms with Crippen molar-refractivity contribution in [3.05, 3.63) is 64.2 Å². The van der Waals surface area contributed by atoms with Gasteiger partial charge in [0.15, 0.2) is 5.65 Å². The first-order chi connectivity index (χ1) is 17.9. The highest BCUT2D eigenvalue weighted by molar-refractivity contribution is 6.39. The second kappa shape index (κ2) is 10.8. The van der Waals surface area contributed by atoms with E-state index in [0.717, 1.165) is 72.3 Å². The van der Waals surface area contributed by atoms with Crippen LogP contribution in [0.3, 0.4) is 0 Å². The molecule has 37 heavy (non-hydrogen) atoms. The van der Waals surface area contributed by atoms with E-state index in [4.69, 9.17) is 39.0 Å². The van der Waals surface area contributed by atoms with Crippen LogP contribution in [0.5, 0.6) is 0 Å². The minimum atomic E-state index is 0.108. The van der Waals surface area contributed by atoms with Crippen molar-refractivity contribution in [1.82, 2.24) is 24.6 Å². The van der Waals surface area contributed by atoms with Crippen LogP contribution in [0.4, 0.5) is 11.8 Å². The normalized spacial score (nSPS) is 15.4. The van der Waals surface area contributed by atoms with Crippen molar-refractivity contribution < 1.29 is 0 Å². The fourth-order valence-corrected chi connectivity index (χ4v) is 5.82. The molecular formula is C27H32Cl2N8. The fraction of sp³-hybridized carbons (Fsp3) is 0.407. The molecule has 0 spiro atoms. The van der Waals surface area contributed by atoms with E-state index >= 15 is 0 Å². The Kier molecular flexibility index (Phi) is 7.51. The maximum Gasteiger partial charge on any atom is 0.225 e. The minimum Gasteiger partial charge on any atom is -0.349 e. The molecule has 0 aliphatic carbocycles. The smallest absolute Gasteiger partial charge is 0.225 e. The lowest BCUT2D eigenvalue weighted by Crippen LogP contribution is -2.51. The van der Waals surface area contributed by atoms with Crippen molar-refractivity contribution in [2.24, 2.45) is 5.73 Å². The van der Waals surface area contributed by atoms with Gasteiger partial charge in [-0.2, -0.15) is 9.61 Å². The third kappa shape index (κ3) is 4.85. The van der Waals surface area contributed by atoms with Gasteiger partial charge in [0, 0.05) is 61.4 Å². The second-order valence-electron chi connectivity index (χ2n) is 9.51. The molecule has 3 aromatic heterocycles. The molecule has 1 unspecified atom stereocenters. The highest BCUT2D eigenvalue weighted by Crippen LogP contribution is 2.40. The average Bonchev–Trinajstić information content (AvgIpc) is 3.25. The Morgan fingerprint density at radius 1 is 1.08 bits per heavy atom. The van der Waals surface area contributed by atoms with Crippen LogP contribution in [0, 0.1) is 6.92 Å². The molecule has 1 atom stereocenters. The van der Waals surface area contributed by atoms with Crippen LogP contribution in [0.15, 0.2) is 42.7 Å². The van der Waals surface area contributed by atoms with Gasteiger partial charge in [-0.15, -0.1) is 0 Å². The Labute approximate surface area is 227 Å². The largest absolute Gasteiger partial charge is 0.349 e. The molecule has 1 aliphatic rings. The first-order valence-electron chi connectivity index (χ1n) is 12.8. The fourth-order valence-electron chi connectivity index (χ4n) is 5.24. The molecule has 0 bridgehead atoms. The standard InChI is InChI=1S/C27H32Cl2N8/c1-4-19-15-23(37-26(33-19)24(18(3)34-37)25-21(28)7-5-8-22(25)29)36(17(2)16-30)20-9-13-35(14-10-20)27-31-11-6-12-32-27/h5-8,11-12,15,17,20H,4,9-10,13-14,16,30H2,1-3H3. The highest BCUT2D eigenvalue weighted by atomic mass is 35.5. The molecule has 4 aromatic rings. The summed E-state index contributed by atoms with van der Waals surface area (Å²) in [4.78, 5) is 18.6. The lowest BCUT2D eigenvalue weighted by molar-refractivity contribution is 0.427. The number of nitrogens with zero attached hydrogens (tertiary/aromatic N) is 7. The molecule has 1 aliphatic heterocycles. The zero-order valence-electron chi connectivity index (χ0n) is 21.4. The van der Waals surface area contributed by atoms with Crippen LogP contribution in [-0.2, 0) is 6.42 Å². The number of hydrogen-bond donors (Lipinski definition) is 1. The maximum absolute atomic E-state index is 6.64. The number of halogens is 2. The summed E-state index contributed by atoms with van der Waals surface area (Å²) in [6, 6.07) is 9.94. The number of aromatic nitrogens is 5. The van der Waals surface area contributed by atoms with Gasteiger partial charge in [-0.1, -0.05) is 36.2 Å². The minimum absolute atomic E-state index is 0.108. The number of fused-ring (bicyclic) bond motifs is 1. The van der Waals surface area contributed by atoms with E-state index in [-0.39, 0.29) is 12.1 Å². The van der Waals surface area contributed by atoms with Gasteiger partial charge < -0.3 is 15.5 Å². The van der Waals surface area contributed by atoms with Crippen LogP contribution in [-0.4, -0.2) is 56.3 Å². The van der Waals surface area contributed by atoms with Crippen molar-refractivity contribution in [3.63, 3.8) is 0 Å². The van der Waals surface area contributed by atoms with E-state index in [1.54, 1.807) is 12.4 Å². The Bertz CT molecular complexity index is 1360. The van der Waals surface area contributed by atoms with Gasteiger partial charge in [-0.25, -0.2) is 15.0 Å². The third-order valence-electron chi connectivity index (χ3n) is 7.15. The molecule has 5 rings (SSSR count). The van der Waals surface area contributed by atoms with Gasteiger partial charge >= 0.3 is 0 Å². The van der Waals surface area contributed by atoms with Gasteiger partial charge in [0.05, 0.1) is 21.3 Å². The number of anilines is 2. The quantitative estimate of drug-likeness (QED) is 0.346. The number of nitrogens with two attached hydrogens (primary N) is 1. The van der Waals surface area contributed by atoms with Crippen LogP contribution in [0.1, 0.15) is 38.1 Å². The predicted molar refractivity (Wildman–Crippen MR) is 151 cm³/mol. The SMILES string of the molecule is CCc1cc(N(C(C)CN)C2CCN(c3ncccn3)CC2)n2nc(C)c(-c3c(Cl)cccc3Cl)c2n1. The second-order valence-corrected chi connectivity index (χ2v) is 10.3. The number of rotatable bonds is 7. The Morgan fingerprint density at radius 3 is 2.38 bits per heavy atom. The van der Waals surface area contributed by atoms with Crippen molar-refractivity contribution in [1.29, 1.82) is 0 Å². The molecule has 10 heteroatoms. The highest BCUT2D eigenvalue weighted by Gasteiger charge is 2.31. The van der Waals surface area contributed by atoms with E-state index < -0.39 is 0 Å². The maximum atomic E-state index is 6.64. The summed E-state index contributed by atoms with van der Waals surface area (Å²) in [6.07, 6.45) is 6.28. The van der Waals surface area contributed by atoms with Crippen LogP contribution in [0.25, 0.3) is 16.8 Å². The van der Waals surface area contributed by atoms with E-state index in [1.165, 1.54) is 0 Å². The first-order valence-corrected chi connectivity index (χ1v) is 13.5. The Hall–Kier alpha value is -2.94. The average molecular weight is 540 g/mol. The van der Waals surface area contributed by atoms with Gasteiger partial charge in [0.2, 0.25) is 5.95 Å². The summed E-state index contributed by atoms with van der Waals surface area (Å²) in [5.41, 5.74) is 10.5. The summed E-state index contributed by atoms with van der Waals surface area (Å²) in [5.74, 6) is 1.77. The topological polar surface area (TPSA) is 88.5 Å². The summed E-state index contributed by atoms with van der Waals surface area (Å²) in [6.45, 7) is 8.53. The Morgan fingerprint density at radius 2 is 1.76 bits per heavy atom. The zero-order chi connectivity index (χ0) is 26.1. The van der Waals surface area contributed by atoms with Crippen LogP contribution >= 0.6 is 23.2 Å². The summed E-state index contributed by atoms with van der Waals surface area (Å²) in [5, 5.41) is 6.13. The molecule has 1 saturated heterocycles. The van der Waals surface area contributed by atoms with Crippen LogP contribution in [0.2, 0.25) is 10.0 Å². The van der Waals surface area contributed by atoms with Gasteiger partial charge in [0.1, 0.15) is 5.82 Å². The molecule has 194 valence electrons. The summed E-state index contributed by atoms with van der Waals surface area (Å²) < 4.78 is 1.95. The van der Waals surface area contributed by atoms with Crippen molar-refractivity contribution in [2.75, 3.05) is 29.4 Å². The monoisotopic (exact) mass is 538 g/mol. The molecule has 1 aromatic carbocycles. The summed E-state index contributed by atoms with van der Waals surface area (Å²) in [7, 11) is 0. The van der Waals surface area contributed by atoms with Crippen molar-refractivity contribution >= 4 is 40.6 Å². The van der Waals surface area contributed by atoms with E-state index in [0.29, 0.717) is 16.6 Å². The zero-order valence-corrected chi connectivity index (χ0v) is 22.9. The third-order valence-corrected chi connectivity index (χ3v) is 7.78. The van der Waals surface area contributed by atoms with Gasteiger partial charge in [-0.05, 0) is 51.3 Å². The number of hydrogen-bond acceptors (Lipinski definition) is 7. The molecule has 0 saturated carbocycles. The number of piperidine rings is 1. The predicted octanol–water partition coefficient (Wildman–Crippen LogP) is 5.19.